The molecular weight excluding hydrogens is 178 g/mol. The lowest BCUT2D eigenvalue weighted by Crippen LogP contribution is -2.38. The van der Waals surface area contributed by atoms with Crippen molar-refractivity contribution in [3.05, 3.63) is 0 Å². The Bertz CT molecular complexity index is 211. The van der Waals surface area contributed by atoms with E-state index in [1.54, 1.807) is 0 Å². The summed E-state index contributed by atoms with van der Waals surface area (Å²) in [6, 6.07) is 0.479. The molecule has 0 radical (unpaired) electrons. The van der Waals surface area contributed by atoms with E-state index in [-0.39, 0.29) is 18.4 Å². The van der Waals surface area contributed by atoms with Crippen molar-refractivity contribution in [2.24, 2.45) is 5.92 Å². The van der Waals surface area contributed by atoms with Gasteiger partial charge in [0.15, 0.2) is 0 Å². The summed E-state index contributed by atoms with van der Waals surface area (Å²) in [5.74, 6) is 0.459. The molecule has 2 aliphatic rings. The summed E-state index contributed by atoms with van der Waals surface area (Å²) < 4.78 is 0. The van der Waals surface area contributed by atoms with Gasteiger partial charge in [0.25, 0.3) is 0 Å². The largest absolute Gasteiger partial charge is 0.396 e. The van der Waals surface area contributed by atoms with Crippen LogP contribution in [0, 0.1) is 5.92 Å². The fourth-order valence-electron chi connectivity index (χ4n) is 2.68. The van der Waals surface area contributed by atoms with Gasteiger partial charge in [-0.05, 0) is 12.8 Å². The first-order valence-corrected chi connectivity index (χ1v) is 5.71. The molecule has 0 aromatic rings. The molecule has 2 fully saturated rings. The van der Waals surface area contributed by atoms with Gasteiger partial charge >= 0.3 is 0 Å². The van der Waals surface area contributed by atoms with E-state index in [1.807, 2.05) is 4.90 Å². The van der Waals surface area contributed by atoms with Crippen LogP contribution in [-0.2, 0) is 4.79 Å². The number of likely N-dealkylation sites (tertiary alicyclic amines) is 1. The summed E-state index contributed by atoms with van der Waals surface area (Å²) in [5.41, 5.74) is 0. The van der Waals surface area contributed by atoms with E-state index in [1.165, 1.54) is 32.1 Å². The summed E-state index contributed by atoms with van der Waals surface area (Å²) in [5, 5.41) is 9.02. The van der Waals surface area contributed by atoms with Crippen molar-refractivity contribution >= 4 is 5.91 Å². The molecule has 0 bridgehead atoms. The van der Waals surface area contributed by atoms with Crippen molar-refractivity contribution in [1.29, 1.82) is 0 Å². The van der Waals surface area contributed by atoms with Crippen LogP contribution < -0.4 is 0 Å². The monoisotopic (exact) mass is 197 g/mol. The van der Waals surface area contributed by atoms with Crippen molar-refractivity contribution in [3.8, 4) is 0 Å². The van der Waals surface area contributed by atoms with Gasteiger partial charge in [-0.15, -0.1) is 0 Å². The third-order valence-corrected chi connectivity index (χ3v) is 3.51. The summed E-state index contributed by atoms with van der Waals surface area (Å²) in [6.07, 6.45) is 6.75. The molecule has 0 aromatic carbocycles. The highest BCUT2D eigenvalue weighted by atomic mass is 16.3. The maximum Gasteiger partial charge on any atom is 0.223 e. The Hall–Kier alpha value is -0.570. The van der Waals surface area contributed by atoms with Crippen LogP contribution in [0.5, 0.6) is 0 Å². The SMILES string of the molecule is O=C1C[C@H](CO)CN1C1CCCCC1. The van der Waals surface area contributed by atoms with Crippen molar-refractivity contribution in [2.75, 3.05) is 13.2 Å². The van der Waals surface area contributed by atoms with Crippen molar-refractivity contribution < 1.29 is 9.90 Å². The number of aliphatic hydroxyl groups is 1. The second kappa shape index (κ2) is 4.30. The predicted octanol–water partition coefficient (Wildman–Crippen LogP) is 1.16. The fourth-order valence-corrected chi connectivity index (χ4v) is 2.68. The van der Waals surface area contributed by atoms with Gasteiger partial charge in [0.2, 0.25) is 5.91 Å². The third kappa shape index (κ3) is 1.92. The summed E-state index contributed by atoms with van der Waals surface area (Å²) in [7, 11) is 0. The van der Waals surface area contributed by atoms with E-state index >= 15 is 0 Å². The van der Waals surface area contributed by atoms with Crippen LogP contribution in [0.1, 0.15) is 38.5 Å². The van der Waals surface area contributed by atoms with E-state index in [0.29, 0.717) is 12.5 Å². The van der Waals surface area contributed by atoms with Crippen molar-refractivity contribution in [3.63, 3.8) is 0 Å². The number of hydrogen-bond acceptors (Lipinski definition) is 2. The zero-order chi connectivity index (χ0) is 9.97. The first-order chi connectivity index (χ1) is 6.81. The number of amides is 1. The van der Waals surface area contributed by atoms with E-state index in [4.69, 9.17) is 5.11 Å². The van der Waals surface area contributed by atoms with Crippen LogP contribution in [0.15, 0.2) is 0 Å². The van der Waals surface area contributed by atoms with Gasteiger partial charge in [0.1, 0.15) is 0 Å². The molecule has 3 nitrogen and oxygen atoms in total. The zero-order valence-corrected chi connectivity index (χ0v) is 8.61. The van der Waals surface area contributed by atoms with Crippen LogP contribution in [0.25, 0.3) is 0 Å². The molecule has 3 heteroatoms. The Labute approximate surface area is 85.1 Å². The molecule has 0 unspecified atom stereocenters. The van der Waals surface area contributed by atoms with Crippen molar-refractivity contribution in [2.45, 2.75) is 44.6 Å². The highest BCUT2D eigenvalue weighted by Crippen LogP contribution is 2.28. The number of carbonyl (C=O) groups excluding carboxylic acids is 1. The lowest BCUT2D eigenvalue weighted by atomic mass is 9.94. The maximum absolute atomic E-state index is 11.7. The Balaban J connectivity index is 1.93. The second-order valence-corrected chi connectivity index (χ2v) is 4.59. The van der Waals surface area contributed by atoms with Gasteiger partial charge in [0.05, 0.1) is 0 Å². The number of rotatable bonds is 2. The van der Waals surface area contributed by atoms with E-state index in [9.17, 15) is 4.79 Å². The number of nitrogens with zero attached hydrogens (tertiary/aromatic N) is 1. The van der Waals surface area contributed by atoms with Gasteiger partial charge in [-0.1, -0.05) is 19.3 Å². The lowest BCUT2D eigenvalue weighted by Gasteiger charge is -2.31. The number of hydrogen-bond donors (Lipinski definition) is 1. The zero-order valence-electron chi connectivity index (χ0n) is 8.61. The Kier molecular flexibility index (Phi) is 3.06. The average Bonchev–Trinajstić information content (AvgIpc) is 2.61. The molecule has 0 spiro atoms. The summed E-state index contributed by atoms with van der Waals surface area (Å²) in [4.78, 5) is 13.7. The molecule has 1 amide bonds. The first-order valence-electron chi connectivity index (χ1n) is 5.71. The number of carbonyl (C=O) groups is 1. The molecular formula is C11H19NO2. The number of aliphatic hydroxyl groups excluding tert-OH is 1. The molecule has 1 saturated carbocycles. The summed E-state index contributed by atoms with van der Waals surface area (Å²) in [6.45, 7) is 0.953. The maximum atomic E-state index is 11.7. The first kappa shape index (κ1) is 9.97. The van der Waals surface area contributed by atoms with Crippen LogP contribution in [0.4, 0.5) is 0 Å². The fraction of sp³-hybridized carbons (Fsp3) is 0.909. The highest BCUT2D eigenvalue weighted by molar-refractivity contribution is 5.79. The quantitative estimate of drug-likeness (QED) is 0.721. The van der Waals surface area contributed by atoms with E-state index in [2.05, 4.69) is 0 Å². The Morgan fingerprint density at radius 1 is 1.29 bits per heavy atom. The normalized spacial score (nSPS) is 29.9. The van der Waals surface area contributed by atoms with Crippen molar-refractivity contribution in [1.82, 2.24) is 4.90 Å². The predicted molar refractivity (Wildman–Crippen MR) is 53.8 cm³/mol. The standard InChI is InChI=1S/C11H19NO2/c13-8-9-6-11(14)12(7-9)10-4-2-1-3-5-10/h9-10,13H,1-8H2/t9-/m0/s1. The van der Waals surface area contributed by atoms with Gasteiger partial charge in [-0.25, -0.2) is 0 Å². The molecule has 1 heterocycles. The highest BCUT2D eigenvalue weighted by Gasteiger charge is 2.34. The molecule has 1 atom stereocenters. The van der Waals surface area contributed by atoms with Gasteiger partial charge < -0.3 is 10.0 Å². The second-order valence-electron chi connectivity index (χ2n) is 4.59. The van der Waals surface area contributed by atoms with Crippen LogP contribution in [0.2, 0.25) is 0 Å². The van der Waals surface area contributed by atoms with E-state index in [0.717, 1.165) is 6.54 Å². The minimum Gasteiger partial charge on any atom is -0.396 e. The van der Waals surface area contributed by atoms with Crippen LogP contribution >= 0.6 is 0 Å². The smallest absolute Gasteiger partial charge is 0.223 e. The molecule has 0 aromatic heterocycles. The summed E-state index contributed by atoms with van der Waals surface area (Å²) >= 11 is 0. The molecule has 1 aliphatic heterocycles. The van der Waals surface area contributed by atoms with Crippen LogP contribution in [-0.4, -0.2) is 35.1 Å². The molecule has 14 heavy (non-hydrogen) atoms. The Morgan fingerprint density at radius 3 is 2.57 bits per heavy atom. The molecule has 1 saturated heterocycles. The van der Waals surface area contributed by atoms with Gasteiger partial charge in [-0.2, -0.15) is 0 Å². The van der Waals surface area contributed by atoms with Crippen LogP contribution in [0.3, 0.4) is 0 Å². The average molecular weight is 197 g/mol. The van der Waals surface area contributed by atoms with Gasteiger partial charge in [0, 0.05) is 31.5 Å². The minimum atomic E-state index is 0.162. The molecule has 80 valence electrons. The lowest BCUT2D eigenvalue weighted by molar-refractivity contribution is -0.130. The third-order valence-electron chi connectivity index (χ3n) is 3.51. The Morgan fingerprint density at radius 2 is 2.00 bits per heavy atom. The minimum absolute atomic E-state index is 0.162. The molecule has 1 aliphatic carbocycles. The van der Waals surface area contributed by atoms with Gasteiger partial charge in [-0.3, -0.25) is 4.79 Å². The molecule has 1 N–H and O–H groups in total. The topological polar surface area (TPSA) is 40.5 Å². The molecule has 2 rings (SSSR count). The van der Waals surface area contributed by atoms with E-state index < -0.39 is 0 Å².